The molecule has 0 aliphatic rings. The summed E-state index contributed by atoms with van der Waals surface area (Å²) in [6.45, 7) is -0.204. The second-order valence-electron chi connectivity index (χ2n) is 3.22. The van der Waals surface area contributed by atoms with Crippen molar-refractivity contribution in [2.75, 3.05) is 0 Å². The van der Waals surface area contributed by atoms with Crippen LogP contribution in [0, 0.1) is 0 Å². The summed E-state index contributed by atoms with van der Waals surface area (Å²) in [5.41, 5.74) is 0.489. The third-order valence-electron chi connectivity index (χ3n) is 1.97. The average Bonchev–Trinajstić information content (AvgIpc) is 2.28. The second kappa shape index (κ2) is 5.31. The molecule has 6 heteroatoms. The predicted molar refractivity (Wildman–Crippen MR) is 64.5 cm³/mol. The largest absolute Gasteiger partial charge is 0.438 e. The van der Waals surface area contributed by atoms with E-state index in [0.717, 1.165) is 0 Å². The first-order valence-corrected chi connectivity index (χ1v) is 5.48. The molecule has 0 radical (unpaired) electrons. The van der Waals surface area contributed by atoms with E-state index in [2.05, 4.69) is 9.97 Å². The molecule has 2 aromatic rings. The molecule has 1 aromatic carbocycles. The average molecular weight is 271 g/mol. The highest BCUT2D eigenvalue weighted by molar-refractivity contribution is 6.34. The van der Waals surface area contributed by atoms with Gasteiger partial charge >= 0.3 is 0 Å². The first kappa shape index (κ1) is 12.1. The zero-order chi connectivity index (χ0) is 12.3. The SMILES string of the molecule is OCc1cncnc1Oc1cc(Cl)cc(Cl)c1. The first-order valence-electron chi connectivity index (χ1n) is 4.72. The number of hydrogen-bond donors (Lipinski definition) is 1. The van der Waals surface area contributed by atoms with Crippen LogP contribution in [0.2, 0.25) is 10.0 Å². The van der Waals surface area contributed by atoms with Gasteiger partial charge in [-0.05, 0) is 18.2 Å². The van der Waals surface area contributed by atoms with Crippen LogP contribution >= 0.6 is 23.2 Å². The van der Waals surface area contributed by atoms with Crippen molar-refractivity contribution < 1.29 is 9.84 Å². The van der Waals surface area contributed by atoms with Crippen LogP contribution in [-0.4, -0.2) is 15.1 Å². The fraction of sp³-hybridized carbons (Fsp3) is 0.0909. The summed E-state index contributed by atoms with van der Waals surface area (Å²) < 4.78 is 5.48. The van der Waals surface area contributed by atoms with Gasteiger partial charge in [0.2, 0.25) is 5.88 Å². The van der Waals surface area contributed by atoms with Crippen LogP contribution in [0.4, 0.5) is 0 Å². The van der Waals surface area contributed by atoms with Gasteiger partial charge in [-0.2, -0.15) is 0 Å². The number of aliphatic hydroxyl groups is 1. The Labute approximate surface area is 108 Å². The molecule has 0 bridgehead atoms. The first-order chi connectivity index (χ1) is 8.19. The standard InChI is InChI=1S/C11H8Cl2N2O2/c12-8-1-9(13)3-10(2-8)17-11-7(5-16)4-14-6-15-11/h1-4,6,16H,5H2. The van der Waals surface area contributed by atoms with E-state index in [1.165, 1.54) is 12.5 Å². The Kier molecular flexibility index (Phi) is 3.78. The van der Waals surface area contributed by atoms with E-state index in [-0.39, 0.29) is 12.5 Å². The van der Waals surface area contributed by atoms with E-state index in [4.69, 9.17) is 33.0 Å². The van der Waals surface area contributed by atoms with E-state index < -0.39 is 0 Å². The lowest BCUT2D eigenvalue weighted by molar-refractivity contribution is 0.274. The summed E-state index contributed by atoms with van der Waals surface area (Å²) in [6, 6.07) is 4.82. The number of nitrogens with zero attached hydrogens (tertiary/aromatic N) is 2. The Morgan fingerprint density at radius 1 is 1.18 bits per heavy atom. The molecule has 1 N–H and O–H groups in total. The zero-order valence-corrected chi connectivity index (χ0v) is 10.1. The Morgan fingerprint density at radius 3 is 2.53 bits per heavy atom. The summed E-state index contributed by atoms with van der Waals surface area (Å²) in [5, 5.41) is 10.0. The van der Waals surface area contributed by atoms with Gasteiger partial charge < -0.3 is 9.84 Å². The van der Waals surface area contributed by atoms with Gasteiger partial charge in [0.1, 0.15) is 12.1 Å². The topological polar surface area (TPSA) is 55.2 Å². The van der Waals surface area contributed by atoms with E-state index in [1.54, 1.807) is 18.2 Å². The van der Waals surface area contributed by atoms with Crippen molar-refractivity contribution in [2.24, 2.45) is 0 Å². The molecule has 4 nitrogen and oxygen atoms in total. The third-order valence-corrected chi connectivity index (χ3v) is 2.40. The van der Waals surface area contributed by atoms with Gasteiger partial charge in [-0.1, -0.05) is 23.2 Å². The maximum atomic E-state index is 9.09. The minimum atomic E-state index is -0.204. The summed E-state index contributed by atoms with van der Waals surface area (Å²) in [5.74, 6) is 0.733. The molecule has 88 valence electrons. The molecule has 0 aliphatic carbocycles. The smallest absolute Gasteiger partial charge is 0.227 e. The maximum absolute atomic E-state index is 9.09. The monoisotopic (exact) mass is 270 g/mol. The molecule has 0 fully saturated rings. The minimum Gasteiger partial charge on any atom is -0.438 e. The van der Waals surface area contributed by atoms with Gasteiger partial charge in [0, 0.05) is 16.2 Å². The van der Waals surface area contributed by atoms with Crippen LogP contribution in [0.15, 0.2) is 30.7 Å². The van der Waals surface area contributed by atoms with Crippen molar-refractivity contribution in [1.82, 2.24) is 9.97 Å². The number of aromatic nitrogens is 2. The molecule has 0 atom stereocenters. The quantitative estimate of drug-likeness (QED) is 0.932. The number of rotatable bonds is 3. The van der Waals surface area contributed by atoms with E-state index in [1.807, 2.05) is 0 Å². The predicted octanol–water partition coefficient (Wildman–Crippen LogP) is 3.07. The van der Waals surface area contributed by atoms with Gasteiger partial charge in [0.05, 0.1) is 12.2 Å². The summed E-state index contributed by atoms with van der Waals surface area (Å²) >= 11 is 11.7. The lowest BCUT2D eigenvalue weighted by Crippen LogP contribution is -1.95. The van der Waals surface area contributed by atoms with Crippen LogP contribution < -0.4 is 4.74 Å². The fourth-order valence-electron chi connectivity index (χ4n) is 1.25. The van der Waals surface area contributed by atoms with Crippen molar-refractivity contribution in [2.45, 2.75) is 6.61 Å². The van der Waals surface area contributed by atoms with Gasteiger partial charge in [-0.15, -0.1) is 0 Å². The highest BCUT2D eigenvalue weighted by Gasteiger charge is 2.07. The molecule has 0 aliphatic heterocycles. The molecule has 1 heterocycles. The number of halogens is 2. The van der Waals surface area contributed by atoms with Crippen LogP contribution in [0.1, 0.15) is 5.56 Å². The summed E-state index contributed by atoms with van der Waals surface area (Å²) in [6.07, 6.45) is 2.81. The molecule has 0 spiro atoms. The molecule has 0 amide bonds. The molecular weight excluding hydrogens is 263 g/mol. The normalized spacial score (nSPS) is 10.3. The van der Waals surface area contributed by atoms with Crippen molar-refractivity contribution in [1.29, 1.82) is 0 Å². The van der Waals surface area contributed by atoms with Crippen molar-refractivity contribution in [3.8, 4) is 11.6 Å². The maximum Gasteiger partial charge on any atom is 0.227 e. The Morgan fingerprint density at radius 2 is 1.88 bits per heavy atom. The molecule has 17 heavy (non-hydrogen) atoms. The van der Waals surface area contributed by atoms with Gasteiger partial charge in [-0.3, -0.25) is 0 Å². The van der Waals surface area contributed by atoms with Crippen LogP contribution in [-0.2, 0) is 6.61 Å². The molecule has 1 aromatic heterocycles. The number of aliphatic hydroxyl groups excluding tert-OH is 1. The number of hydrogen-bond acceptors (Lipinski definition) is 4. The van der Waals surface area contributed by atoms with Crippen LogP contribution in [0.25, 0.3) is 0 Å². The highest BCUT2D eigenvalue weighted by atomic mass is 35.5. The highest BCUT2D eigenvalue weighted by Crippen LogP contribution is 2.28. The van der Waals surface area contributed by atoms with Crippen LogP contribution in [0.5, 0.6) is 11.6 Å². The zero-order valence-electron chi connectivity index (χ0n) is 8.60. The number of benzene rings is 1. The molecular formula is C11H8Cl2N2O2. The third kappa shape index (κ3) is 3.06. The van der Waals surface area contributed by atoms with E-state index in [0.29, 0.717) is 21.4 Å². The van der Waals surface area contributed by atoms with Gasteiger partial charge in [-0.25, -0.2) is 9.97 Å². The van der Waals surface area contributed by atoms with E-state index >= 15 is 0 Å². The Bertz CT molecular complexity index is 514. The molecule has 0 saturated carbocycles. The lowest BCUT2D eigenvalue weighted by atomic mass is 10.3. The molecule has 0 unspecified atom stereocenters. The molecule has 0 saturated heterocycles. The fourth-order valence-corrected chi connectivity index (χ4v) is 1.75. The minimum absolute atomic E-state index is 0.204. The molecule has 2 rings (SSSR count). The van der Waals surface area contributed by atoms with Gasteiger partial charge in [0.25, 0.3) is 0 Å². The Hall–Kier alpha value is -1.36. The van der Waals surface area contributed by atoms with Crippen LogP contribution in [0.3, 0.4) is 0 Å². The second-order valence-corrected chi connectivity index (χ2v) is 4.09. The summed E-state index contributed by atoms with van der Waals surface area (Å²) in [7, 11) is 0. The van der Waals surface area contributed by atoms with E-state index in [9.17, 15) is 0 Å². The van der Waals surface area contributed by atoms with Crippen molar-refractivity contribution in [3.63, 3.8) is 0 Å². The van der Waals surface area contributed by atoms with Crippen molar-refractivity contribution in [3.05, 3.63) is 46.3 Å². The Balaban J connectivity index is 2.31. The van der Waals surface area contributed by atoms with Crippen molar-refractivity contribution >= 4 is 23.2 Å². The number of ether oxygens (including phenoxy) is 1. The lowest BCUT2D eigenvalue weighted by Gasteiger charge is -2.08. The van der Waals surface area contributed by atoms with Gasteiger partial charge in [0.15, 0.2) is 0 Å². The summed E-state index contributed by atoms with van der Waals surface area (Å²) in [4.78, 5) is 7.71.